The Morgan fingerprint density at radius 1 is 1.02 bits per heavy atom. The summed E-state index contributed by atoms with van der Waals surface area (Å²) in [6.45, 7) is 2.34. The largest absolute Gasteiger partial charge is 0.633 e. The topological polar surface area (TPSA) is 147 Å². The monoisotopic (exact) mass is 702 g/mol. The van der Waals surface area contributed by atoms with Crippen molar-refractivity contribution in [1.82, 2.24) is 14.5 Å². The summed E-state index contributed by atoms with van der Waals surface area (Å²) in [5, 5.41) is 11.7. The maximum absolute atomic E-state index is 15.4. The summed E-state index contributed by atoms with van der Waals surface area (Å²) >= 11 is 0. The lowest BCUT2D eigenvalue weighted by atomic mass is 10.1. The molecule has 3 heterocycles. The molecule has 3 aromatic carbocycles. The maximum atomic E-state index is 15.4. The van der Waals surface area contributed by atoms with Crippen LogP contribution in [0.25, 0.3) is 16.7 Å². The van der Waals surface area contributed by atoms with Crippen molar-refractivity contribution in [2.24, 2.45) is 0 Å². The van der Waals surface area contributed by atoms with E-state index >= 15 is 4.39 Å². The van der Waals surface area contributed by atoms with Crippen molar-refractivity contribution in [3.05, 3.63) is 111 Å². The Morgan fingerprint density at radius 3 is 2.48 bits per heavy atom. The number of rotatable bonds is 9. The van der Waals surface area contributed by atoms with Gasteiger partial charge in [0.15, 0.2) is 17.2 Å². The summed E-state index contributed by atoms with van der Waals surface area (Å²) < 4.78 is 51.9. The van der Waals surface area contributed by atoms with Gasteiger partial charge in [-0.1, -0.05) is 42.5 Å². The molecule has 1 aliphatic rings. The molecule has 0 N–H and O–H groups in total. The molecule has 0 bridgehead atoms. The minimum atomic E-state index is -3.87. The van der Waals surface area contributed by atoms with Gasteiger partial charge in [0.1, 0.15) is 25.4 Å². The first-order chi connectivity index (χ1) is 23.7. The van der Waals surface area contributed by atoms with E-state index in [0.29, 0.717) is 16.8 Å². The summed E-state index contributed by atoms with van der Waals surface area (Å²) in [4.78, 5) is 39.4. The van der Waals surface area contributed by atoms with E-state index in [1.165, 1.54) is 37.3 Å². The van der Waals surface area contributed by atoms with Crippen LogP contribution in [0.2, 0.25) is 0 Å². The fourth-order valence-corrected chi connectivity index (χ4v) is 6.17. The van der Waals surface area contributed by atoms with Gasteiger partial charge < -0.3 is 24.2 Å². The van der Waals surface area contributed by atoms with Gasteiger partial charge in [-0.3, -0.25) is 14.3 Å². The second-order valence-corrected chi connectivity index (χ2v) is 14.3. The van der Waals surface area contributed by atoms with E-state index in [9.17, 15) is 23.2 Å². The first-order valence-electron chi connectivity index (χ1n) is 15.7. The number of quaternary nitrogens is 1. The zero-order valence-corrected chi connectivity index (χ0v) is 28.7. The molecule has 0 saturated carbocycles. The van der Waals surface area contributed by atoms with Crippen LogP contribution in [0.5, 0.6) is 5.75 Å². The molecule has 1 amide bonds. The van der Waals surface area contributed by atoms with Crippen LogP contribution in [-0.4, -0.2) is 80.3 Å². The molecule has 13 nitrogen and oxygen atoms in total. The molecule has 6 rings (SSSR count). The zero-order valence-electron chi connectivity index (χ0n) is 27.9. The van der Waals surface area contributed by atoms with Crippen molar-refractivity contribution in [3.8, 4) is 11.4 Å². The van der Waals surface area contributed by atoms with Gasteiger partial charge in [-0.25, -0.2) is 22.6 Å². The Morgan fingerprint density at radius 2 is 1.78 bits per heavy atom. The molecule has 0 fully saturated rings. The number of aromatic nitrogens is 3. The number of benzene rings is 3. The molecular formula is C35H35FN6O7S. The van der Waals surface area contributed by atoms with Gasteiger partial charge in [-0.2, -0.15) is 4.98 Å². The van der Waals surface area contributed by atoms with Crippen LogP contribution in [0.1, 0.15) is 11.1 Å². The number of para-hydroxylation sites is 1. The van der Waals surface area contributed by atoms with Gasteiger partial charge in [-0.15, -0.1) is 0 Å². The lowest BCUT2D eigenvalue weighted by molar-refractivity contribution is -0.840. The van der Waals surface area contributed by atoms with Crippen LogP contribution in [-0.2, 0) is 21.2 Å². The number of aryl methyl sites for hydroxylation is 1. The summed E-state index contributed by atoms with van der Waals surface area (Å²) in [7, 11) is -0.991. The highest BCUT2D eigenvalue weighted by atomic mass is 32.2. The first-order valence-corrected chi connectivity index (χ1v) is 17.6. The number of anilines is 3. The van der Waals surface area contributed by atoms with E-state index in [1.54, 1.807) is 17.0 Å². The average molecular weight is 703 g/mol. The third kappa shape index (κ3) is 7.15. The van der Waals surface area contributed by atoms with Crippen molar-refractivity contribution in [3.63, 3.8) is 0 Å². The fourth-order valence-electron chi connectivity index (χ4n) is 5.67. The number of carbonyl (C=O) groups excluding carboxylic acids is 1. The number of hydrogen-bond donors (Lipinski definition) is 0. The molecule has 0 atom stereocenters. The zero-order chi connectivity index (χ0) is 35.8. The molecule has 0 unspecified atom stereocenters. The minimum Gasteiger partial charge on any atom is -0.633 e. The highest BCUT2D eigenvalue weighted by Gasteiger charge is 2.32. The molecule has 1 aliphatic heterocycles. The molecule has 15 heteroatoms. The van der Waals surface area contributed by atoms with E-state index < -0.39 is 37.1 Å². The minimum absolute atomic E-state index is 0.0410. The van der Waals surface area contributed by atoms with Crippen LogP contribution in [0.4, 0.5) is 26.2 Å². The number of fused-ring (bicyclic) bond motifs is 2. The summed E-state index contributed by atoms with van der Waals surface area (Å²) in [5.74, 6) is -0.924. The summed E-state index contributed by atoms with van der Waals surface area (Å²) in [6.07, 6.45) is 1.70. The summed E-state index contributed by atoms with van der Waals surface area (Å²) in [5.41, 5.74) is 2.25. The lowest BCUT2D eigenvalue weighted by Crippen LogP contribution is -2.44. The Kier molecular flexibility index (Phi) is 9.31. The molecule has 0 spiro atoms. The number of amides is 1. The normalized spacial score (nSPS) is 13.3. The molecule has 5 aromatic rings. The van der Waals surface area contributed by atoms with E-state index in [4.69, 9.17) is 9.47 Å². The maximum Gasteiger partial charge on any atom is 0.414 e. The van der Waals surface area contributed by atoms with Crippen molar-refractivity contribution in [2.45, 2.75) is 18.7 Å². The number of likely N-dealkylation sites (N-methyl/N-ethyl adjacent to an activating group) is 1. The molecule has 260 valence electrons. The van der Waals surface area contributed by atoms with Crippen molar-refractivity contribution in [1.29, 1.82) is 0 Å². The smallest absolute Gasteiger partial charge is 0.414 e. The van der Waals surface area contributed by atoms with Gasteiger partial charge >= 0.3 is 6.09 Å². The number of halogens is 1. The van der Waals surface area contributed by atoms with Crippen molar-refractivity contribution in [2.75, 3.05) is 56.4 Å². The van der Waals surface area contributed by atoms with E-state index in [0.717, 1.165) is 28.0 Å². The number of sulfone groups is 1. The first kappa shape index (κ1) is 34.5. The summed E-state index contributed by atoms with van der Waals surface area (Å²) in [6, 6.07) is 20.2. The molecule has 2 aromatic heterocycles. The Bertz CT molecular complexity index is 2260. The standard InChI is InChI=1S/C35H35FN6O7S/c1-23-9-8-12-28-31(23)40(35(44)49-22-24-10-6-5-7-11-24)16-15-39(28)29-19-25-21-37-34(50(4,46)47)38-32(25)41(33(29)43)26-13-14-30(27(36)20-26)48-18-17-42(2,3)45/h5-14,19-21H,15-18,22H2,1-4H3. The highest BCUT2D eigenvalue weighted by Crippen LogP contribution is 2.40. The van der Waals surface area contributed by atoms with Crippen LogP contribution in [0.3, 0.4) is 0 Å². The van der Waals surface area contributed by atoms with Crippen LogP contribution in [0.15, 0.2) is 88.9 Å². The quantitative estimate of drug-likeness (QED) is 0.118. The van der Waals surface area contributed by atoms with Gasteiger partial charge in [-0.05, 0) is 42.3 Å². The van der Waals surface area contributed by atoms with Gasteiger partial charge in [0.25, 0.3) is 5.56 Å². The number of pyridine rings is 1. The molecular weight excluding hydrogens is 667 g/mol. The molecule has 0 aliphatic carbocycles. The number of hydrogen-bond acceptors (Lipinski definition) is 10. The van der Waals surface area contributed by atoms with Crippen molar-refractivity contribution >= 4 is 44.0 Å². The van der Waals surface area contributed by atoms with E-state index in [1.807, 2.05) is 49.4 Å². The van der Waals surface area contributed by atoms with Crippen LogP contribution in [0, 0.1) is 17.9 Å². The SMILES string of the molecule is Cc1cccc2c1N(C(=O)OCc1ccccc1)CCN2c1cc2cnc(S(C)(=O)=O)nc2n(-c2ccc(OCC[N+](C)(C)[O-])c(F)c2)c1=O. The van der Waals surface area contributed by atoms with Crippen LogP contribution >= 0.6 is 0 Å². The van der Waals surface area contributed by atoms with Gasteiger partial charge in [0, 0.05) is 37.0 Å². The molecule has 50 heavy (non-hydrogen) atoms. The predicted molar refractivity (Wildman–Crippen MR) is 186 cm³/mol. The third-order valence-electron chi connectivity index (χ3n) is 8.13. The number of hydroxylamine groups is 3. The molecule has 0 saturated heterocycles. The highest BCUT2D eigenvalue weighted by molar-refractivity contribution is 7.90. The van der Waals surface area contributed by atoms with Crippen molar-refractivity contribution < 1.29 is 31.7 Å². The van der Waals surface area contributed by atoms with Crippen LogP contribution < -0.4 is 20.1 Å². The van der Waals surface area contributed by atoms with Gasteiger partial charge in [0.2, 0.25) is 15.0 Å². The molecule has 0 radical (unpaired) electrons. The van der Waals surface area contributed by atoms with Gasteiger partial charge in [0.05, 0.1) is 31.2 Å². The predicted octanol–water partition coefficient (Wildman–Crippen LogP) is 4.88. The third-order valence-corrected chi connectivity index (χ3v) is 8.99. The second-order valence-electron chi connectivity index (χ2n) is 12.4. The Balaban J connectivity index is 1.44. The fraction of sp³-hybridized carbons (Fsp3) is 0.257. The average Bonchev–Trinajstić information content (AvgIpc) is 3.07. The number of carbonyl (C=O) groups is 1. The Hall–Kier alpha value is -5.38. The number of ether oxygens (including phenoxy) is 2. The Labute approximate surface area is 287 Å². The van der Waals surface area contributed by atoms with E-state index in [2.05, 4.69) is 9.97 Å². The number of nitrogens with zero attached hydrogens (tertiary/aromatic N) is 6. The van der Waals surface area contributed by atoms with E-state index in [-0.39, 0.29) is 55.6 Å². The lowest BCUT2D eigenvalue weighted by Gasteiger charge is -2.38. The second kappa shape index (κ2) is 13.5.